The standard InChI is InChI=1S/C63H110O6/c1-4-7-10-13-16-18-20-22-24-25-26-27-28-29-30-31-32-33-34-35-36-37-38-39-40-42-43-45-47-50-53-56-62(65)68-59-60(58-67-61(64)55-52-49-15-12-9-6-3)69-63(66)57-54-51-48-46-44-41-23-21-19-17-14-11-8-5-2/h7,10,16,18,21-24,26-27,29-30,60H,4-6,8-9,11-15,17,19-20,25,28,31-59H2,1-3H3/b10-7-,18-16-,23-21-,24-22-,27-26-,30-29-. The van der Waals surface area contributed by atoms with Crippen LogP contribution in [0.3, 0.4) is 0 Å². The van der Waals surface area contributed by atoms with E-state index in [1.54, 1.807) is 0 Å². The first kappa shape index (κ1) is 65.8. The lowest BCUT2D eigenvalue weighted by Crippen LogP contribution is -2.30. The van der Waals surface area contributed by atoms with Gasteiger partial charge in [0.25, 0.3) is 0 Å². The summed E-state index contributed by atoms with van der Waals surface area (Å²) in [5.41, 5.74) is 0. The first-order valence-corrected chi connectivity index (χ1v) is 29.4. The van der Waals surface area contributed by atoms with Crippen LogP contribution in [0.1, 0.15) is 290 Å². The van der Waals surface area contributed by atoms with Crippen molar-refractivity contribution in [1.29, 1.82) is 0 Å². The average molecular weight is 964 g/mol. The molecule has 0 spiro atoms. The van der Waals surface area contributed by atoms with E-state index in [2.05, 4.69) is 93.7 Å². The molecular formula is C63H110O6. The predicted octanol–water partition coefficient (Wildman–Crippen LogP) is 19.8. The van der Waals surface area contributed by atoms with Gasteiger partial charge in [0.2, 0.25) is 0 Å². The molecule has 0 radical (unpaired) electrons. The molecule has 1 unspecified atom stereocenters. The Morgan fingerprint density at radius 2 is 0.565 bits per heavy atom. The smallest absolute Gasteiger partial charge is 0.306 e. The Kier molecular flexibility index (Phi) is 54.8. The maximum absolute atomic E-state index is 12.8. The second kappa shape index (κ2) is 57.4. The molecule has 0 amide bonds. The number of carbonyl (C=O) groups is 3. The first-order chi connectivity index (χ1) is 34.0. The molecule has 0 aromatic rings. The van der Waals surface area contributed by atoms with Crippen LogP contribution in [0.4, 0.5) is 0 Å². The maximum Gasteiger partial charge on any atom is 0.306 e. The van der Waals surface area contributed by atoms with Crippen molar-refractivity contribution in [1.82, 2.24) is 0 Å². The Bertz CT molecular complexity index is 1290. The molecule has 0 aliphatic heterocycles. The van der Waals surface area contributed by atoms with Gasteiger partial charge in [0, 0.05) is 19.3 Å². The van der Waals surface area contributed by atoms with Crippen LogP contribution in [0.15, 0.2) is 72.9 Å². The molecule has 0 saturated carbocycles. The van der Waals surface area contributed by atoms with Crippen LogP contribution in [-0.2, 0) is 28.6 Å². The van der Waals surface area contributed by atoms with Crippen molar-refractivity contribution < 1.29 is 28.6 Å². The summed E-state index contributed by atoms with van der Waals surface area (Å²) in [4.78, 5) is 37.8. The molecule has 398 valence electrons. The fraction of sp³-hybridized carbons (Fsp3) is 0.762. The third-order valence-corrected chi connectivity index (χ3v) is 12.7. The molecule has 0 aromatic heterocycles. The monoisotopic (exact) mass is 963 g/mol. The minimum absolute atomic E-state index is 0.0758. The van der Waals surface area contributed by atoms with Crippen LogP contribution in [0, 0.1) is 0 Å². The number of unbranched alkanes of at least 4 members (excludes halogenated alkanes) is 30. The summed E-state index contributed by atoms with van der Waals surface area (Å²) >= 11 is 0. The van der Waals surface area contributed by atoms with E-state index in [4.69, 9.17) is 14.2 Å². The van der Waals surface area contributed by atoms with Gasteiger partial charge >= 0.3 is 17.9 Å². The summed E-state index contributed by atoms with van der Waals surface area (Å²) in [7, 11) is 0. The quantitative estimate of drug-likeness (QED) is 0.0262. The predicted molar refractivity (Wildman–Crippen MR) is 298 cm³/mol. The second-order valence-electron chi connectivity index (χ2n) is 19.5. The molecule has 6 heteroatoms. The molecule has 0 N–H and O–H groups in total. The molecule has 0 heterocycles. The SMILES string of the molecule is CC/C=C\C/C=C\C/C=C\C/C=C\C/C=C\CCCCCCCCCCCCCCCCCC(=O)OCC(COC(=O)CCCCCCCC)OC(=O)CCCCCCC/C=C\CCCCCCC. The van der Waals surface area contributed by atoms with Crippen LogP contribution < -0.4 is 0 Å². The number of hydrogen-bond donors (Lipinski definition) is 0. The van der Waals surface area contributed by atoms with Gasteiger partial charge in [-0.2, -0.15) is 0 Å². The van der Waals surface area contributed by atoms with Crippen molar-refractivity contribution in [2.24, 2.45) is 0 Å². The zero-order valence-electron chi connectivity index (χ0n) is 45.6. The van der Waals surface area contributed by atoms with E-state index in [0.29, 0.717) is 19.3 Å². The zero-order valence-corrected chi connectivity index (χ0v) is 45.6. The fourth-order valence-corrected chi connectivity index (χ4v) is 8.29. The second-order valence-corrected chi connectivity index (χ2v) is 19.5. The van der Waals surface area contributed by atoms with E-state index >= 15 is 0 Å². The molecule has 69 heavy (non-hydrogen) atoms. The van der Waals surface area contributed by atoms with Crippen molar-refractivity contribution in [3.63, 3.8) is 0 Å². The third kappa shape index (κ3) is 55.6. The van der Waals surface area contributed by atoms with Gasteiger partial charge in [-0.25, -0.2) is 0 Å². The van der Waals surface area contributed by atoms with Crippen molar-refractivity contribution in [3.05, 3.63) is 72.9 Å². The minimum atomic E-state index is -0.774. The van der Waals surface area contributed by atoms with E-state index in [1.165, 1.54) is 154 Å². The van der Waals surface area contributed by atoms with Crippen molar-refractivity contribution in [2.75, 3.05) is 13.2 Å². The molecule has 0 rings (SSSR count). The molecule has 0 aliphatic carbocycles. The van der Waals surface area contributed by atoms with E-state index in [9.17, 15) is 14.4 Å². The Balaban J connectivity index is 4.01. The largest absolute Gasteiger partial charge is 0.462 e. The lowest BCUT2D eigenvalue weighted by atomic mass is 10.0. The molecule has 0 bridgehead atoms. The van der Waals surface area contributed by atoms with Gasteiger partial charge in [0.05, 0.1) is 0 Å². The van der Waals surface area contributed by atoms with E-state index in [0.717, 1.165) is 96.3 Å². The average Bonchev–Trinajstić information content (AvgIpc) is 3.35. The summed E-state index contributed by atoms with van der Waals surface area (Å²) in [6.07, 6.45) is 73.7. The third-order valence-electron chi connectivity index (χ3n) is 12.7. The summed E-state index contributed by atoms with van der Waals surface area (Å²) in [6.45, 7) is 6.47. The summed E-state index contributed by atoms with van der Waals surface area (Å²) < 4.78 is 16.7. The number of allylic oxidation sites excluding steroid dienone is 12. The van der Waals surface area contributed by atoms with Crippen molar-refractivity contribution >= 4 is 17.9 Å². The molecular weight excluding hydrogens is 853 g/mol. The van der Waals surface area contributed by atoms with Gasteiger partial charge in [-0.05, 0) is 89.9 Å². The number of hydrogen-bond acceptors (Lipinski definition) is 6. The molecule has 1 atom stereocenters. The fourth-order valence-electron chi connectivity index (χ4n) is 8.29. The van der Waals surface area contributed by atoms with E-state index in [1.807, 2.05) is 0 Å². The summed E-state index contributed by atoms with van der Waals surface area (Å²) in [6, 6.07) is 0. The van der Waals surface area contributed by atoms with Gasteiger partial charge in [-0.15, -0.1) is 0 Å². The van der Waals surface area contributed by atoms with E-state index < -0.39 is 6.10 Å². The number of esters is 3. The van der Waals surface area contributed by atoms with Crippen molar-refractivity contribution in [2.45, 2.75) is 297 Å². The Labute approximate surface area is 427 Å². The highest BCUT2D eigenvalue weighted by Gasteiger charge is 2.19. The van der Waals surface area contributed by atoms with Crippen LogP contribution in [-0.4, -0.2) is 37.2 Å². The summed E-state index contributed by atoms with van der Waals surface area (Å²) in [5.74, 6) is -0.886. The van der Waals surface area contributed by atoms with Crippen LogP contribution in [0.25, 0.3) is 0 Å². The lowest BCUT2D eigenvalue weighted by Gasteiger charge is -2.18. The topological polar surface area (TPSA) is 78.9 Å². The van der Waals surface area contributed by atoms with Gasteiger partial charge in [-0.1, -0.05) is 254 Å². The van der Waals surface area contributed by atoms with Gasteiger partial charge in [0.1, 0.15) is 13.2 Å². The highest BCUT2D eigenvalue weighted by molar-refractivity contribution is 5.71. The van der Waals surface area contributed by atoms with Crippen LogP contribution in [0.5, 0.6) is 0 Å². The lowest BCUT2D eigenvalue weighted by molar-refractivity contribution is -0.167. The first-order valence-electron chi connectivity index (χ1n) is 29.4. The minimum Gasteiger partial charge on any atom is -0.462 e. The zero-order chi connectivity index (χ0) is 50.0. The molecule has 0 aliphatic rings. The Morgan fingerprint density at radius 3 is 0.899 bits per heavy atom. The molecule has 0 aromatic carbocycles. The molecule has 6 nitrogen and oxygen atoms in total. The summed E-state index contributed by atoms with van der Waals surface area (Å²) in [5, 5.41) is 0. The highest BCUT2D eigenvalue weighted by Crippen LogP contribution is 2.16. The normalized spacial score (nSPS) is 12.6. The molecule has 0 saturated heterocycles. The Hall–Kier alpha value is -3.15. The van der Waals surface area contributed by atoms with Gasteiger partial charge in [0.15, 0.2) is 6.10 Å². The van der Waals surface area contributed by atoms with Crippen LogP contribution >= 0.6 is 0 Å². The maximum atomic E-state index is 12.8. The number of carbonyl (C=O) groups excluding carboxylic acids is 3. The number of ether oxygens (including phenoxy) is 3. The highest BCUT2D eigenvalue weighted by atomic mass is 16.6. The Morgan fingerprint density at radius 1 is 0.304 bits per heavy atom. The molecule has 0 fully saturated rings. The van der Waals surface area contributed by atoms with Gasteiger partial charge < -0.3 is 14.2 Å². The van der Waals surface area contributed by atoms with Crippen LogP contribution in [0.2, 0.25) is 0 Å². The van der Waals surface area contributed by atoms with Crippen molar-refractivity contribution in [3.8, 4) is 0 Å². The van der Waals surface area contributed by atoms with E-state index in [-0.39, 0.29) is 31.1 Å². The number of rotatable bonds is 53. The van der Waals surface area contributed by atoms with Gasteiger partial charge in [-0.3, -0.25) is 14.4 Å².